The maximum absolute atomic E-state index is 12.3. The minimum Gasteiger partial charge on any atom is -0.357 e. The number of carbonyl (C=O) groups excluding carboxylic acids is 1. The molecule has 0 unspecified atom stereocenters. The Hall–Kier alpha value is -2.12. The largest absolute Gasteiger partial charge is 0.357 e. The van der Waals surface area contributed by atoms with E-state index >= 15 is 0 Å². The third kappa shape index (κ3) is 4.64. The van der Waals surface area contributed by atoms with Crippen molar-refractivity contribution in [1.29, 1.82) is 0 Å². The maximum Gasteiger partial charge on any atom is 0.319 e. The summed E-state index contributed by atoms with van der Waals surface area (Å²) < 4.78 is 0. The number of hydrogen-bond acceptors (Lipinski definition) is 5. The van der Waals surface area contributed by atoms with Crippen molar-refractivity contribution in [3.63, 3.8) is 0 Å². The summed E-state index contributed by atoms with van der Waals surface area (Å²) in [5.41, 5.74) is 2.17. The molecule has 4 rings (SSSR count). The van der Waals surface area contributed by atoms with Gasteiger partial charge in [0.25, 0.3) is 0 Å². The number of nitrogens with one attached hydrogen (secondary N) is 2. The minimum atomic E-state index is -0.174. The number of anilines is 2. The summed E-state index contributed by atoms with van der Waals surface area (Å²) in [4.78, 5) is 23.0. The number of amides is 2. The zero-order valence-corrected chi connectivity index (χ0v) is 17.3. The molecule has 0 saturated carbocycles. The summed E-state index contributed by atoms with van der Waals surface area (Å²) in [5, 5.41) is 8.07. The van der Waals surface area contributed by atoms with Crippen LogP contribution in [0.1, 0.15) is 36.6 Å². The summed E-state index contributed by atoms with van der Waals surface area (Å²) in [5.74, 6) is 0.997. The topological polar surface area (TPSA) is 60.5 Å². The van der Waals surface area contributed by atoms with Crippen LogP contribution in [0.2, 0.25) is 0 Å². The van der Waals surface area contributed by atoms with Crippen molar-refractivity contribution in [2.75, 3.05) is 36.4 Å². The highest BCUT2D eigenvalue weighted by atomic mass is 32.1. The number of pyridine rings is 1. The van der Waals surface area contributed by atoms with Crippen LogP contribution in [-0.4, -0.2) is 48.1 Å². The van der Waals surface area contributed by atoms with Crippen molar-refractivity contribution in [1.82, 2.24) is 15.2 Å². The lowest BCUT2D eigenvalue weighted by Gasteiger charge is -2.32. The second-order valence-electron chi connectivity index (χ2n) is 7.73. The summed E-state index contributed by atoms with van der Waals surface area (Å²) in [6.07, 6.45) is 6.62. The summed E-state index contributed by atoms with van der Waals surface area (Å²) in [6, 6.07) is 6.28. The van der Waals surface area contributed by atoms with Gasteiger partial charge in [-0.1, -0.05) is 0 Å². The van der Waals surface area contributed by atoms with Crippen LogP contribution < -0.4 is 15.5 Å². The molecule has 28 heavy (non-hydrogen) atoms. The van der Waals surface area contributed by atoms with Gasteiger partial charge in [-0.05, 0) is 61.7 Å². The molecule has 0 spiro atoms. The maximum atomic E-state index is 12.3. The van der Waals surface area contributed by atoms with E-state index in [0.717, 1.165) is 44.1 Å². The number of aromatic nitrogens is 1. The first-order valence-corrected chi connectivity index (χ1v) is 11.1. The highest BCUT2D eigenvalue weighted by Gasteiger charge is 2.21. The third-order valence-electron chi connectivity index (χ3n) is 5.70. The number of rotatable bonds is 5. The van der Waals surface area contributed by atoms with E-state index < -0.39 is 0 Å². The van der Waals surface area contributed by atoms with Crippen molar-refractivity contribution in [2.45, 2.75) is 45.2 Å². The van der Waals surface area contributed by atoms with Crippen LogP contribution >= 0.6 is 11.3 Å². The lowest BCUT2D eigenvalue weighted by Crippen LogP contribution is -2.45. The minimum absolute atomic E-state index is 0.174. The fourth-order valence-corrected chi connectivity index (χ4v) is 4.85. The zero-order chi connectivity index (χ0) is 19.3. The average molecular weight is 400 g/mol. The molecule has 2 aliphatic rings. The van der Waals surface area contributed by atoms with Gasteiger partial charge in [-0.2, -0.15) is 0 Å². The van der Waals surface area contributed by atoms with Gasteiger partial charge in [-0.3, -0.25) is 4.90 Å². The van der Waals surface area contributed by atoms with E-state index in [1.807, 2.05) is 23.5 Å². The van der Waals surface area contributed by atoms with Gasteiger partial charge in [0.15, 0.2) is 0 Å². The predicted octanol–water partition coefficient (Wildman–Crippen LogP) is 3.70. The monoisotopic (exact) mass is 399 g/mol. The van der Waals surface area contributed by atoms with Gasteiger partial charge >= 0.3 is 6.03 Å². The standard InChI is InChI=1S/C21H29N5OS/c1-16(26-11-7-19-17(15-26)8-12-28-19)13-23-21(27)24-18-5-6-20(22-14-18)25-9-3-2-4-10-25/h5-6,8,12,14,16H,2-4,7,9-11,13,15H2,1H3,(H2,23,24,27)/t16-/m0/s1. The van der Waals surface area contributed by atoms with E-state index in [2.05, 4.69) is 43.8 Å². The number of piperidine rings is 1. The Morgan fingerprint density at radius 1 is 1.21 bits per heavy atom. The van der Waals surface area contributed by atoms with Crippen LogP contribution in [0.4, 0.5) is 16.3 Å². The summed E-state index contributed by atoms with van der Waals surface area (Å²) in [6.45, 7) is 6.98. The van der Waals surface area contributed by atoms with Crippen LogP contribution in [0.25, 0.3) is 0 Å². The van der Waals surface area contributed by atoms with Gasteiger partial charge in [0.1, 0.15) is 5.82 Å². The second kappa shape index (κ2) is 8.92. The lowest BCUT2D eigenvalue weighted by atomic mass is 10.1. The van der Waals surface area contributed by atoms with Crippen molar-refractivity contribution in [2.24, 2.45) is 0 Å². The van der Waals surface area contributed by atoms with Crippen LogP contribution in [0.15, 0.2) is 29.8 Å². The molecule has 1 atom stereocenters. The summed E-state index contributed by atoms with van der Waals surface area (Å²) in [7, 11) is 0. The molecule has 2 aromatic rings. The Kier molecular flexibility index (Phi) is 6.12. The Bertz CT molecular complexity index is 784. The fourth-order valence-electron chi connectivity index (χ4n) is 3.96. The molecule has 0 bridgehead atoms. The quantitative estimate of drug-likeness (QED) is 0.805. The molecule has 6 nitrogen and oxygen atoms in total. The van der Waals surface area contributed by atoms with Crippen molar-refractivity contribution in [3.05, 3.63) is 40.2 Å². The molecule has 0 radical (unpaired) electrons. The Morgan fingerprint density at radius 3 is 2.86 bits per heavy atom. The van der Waals surface area contributed by atoms with Gasteiger partial charge in [0.05, 0.1) is 11.9 Å². The first kappa shape index (κ1) is 19.2. The molecular weight excluding hydrogens is 370 g/mol. The fraction of sp³-hybridized carbons (Fsp3) is 0.524. The number of nitrogens with zero attached hydrogens (tertiary/aromatic N) is 3. The molecular formula is C21H29N5OS. The smallest absolute Gasteiger partial charge is 0.319 e. The molecule has 1 saturated heterocycles. The molecule has 0 aliphatic carbocycles. The van der Waals surface area contributed by atoms with E-state index in [1.54, 1.807) is 6.20 Å². The average Bonchev–Trinajstić information content (AvgIpc) is 3.21. The van der Waals surface area contributed by atoms with E-state index in [1.165, 1.54) is 29.7 Å². The van der Waals surface area contributed by atoms with Crippen molar-refractivity contribution in [3.8, 4) is 0 Å². The van der Waals surface area contributed by atoms with Gasteiger partial charge in [-0.15, -0.1) is 11.3 Å². The molecule has 0 aromatic carbocycles. The molecule has 2 N–H and O–H groups in total. The van der Waals surface area contributed by atoms with Crippen molar-refractivity contribution < 1.29 is 4.79 Å². The van der Waals surface area contributed by atoms with E-state index in [-0.39, 0.29) is 6.03 Å². The number of thiophene rings is 1. The van der Waals surface area contributed by atoms with Crippen LogP contribution in [0, 0.1) is 0 Å². The van der Waals surface area contributed by atoms with Crippen LogP contribution in [0.3, 0.4) is 0 Å². The Balaban J connectivity index is 1.23. The number of carbonyl (C=O) groups is 1. The molecule has 4 heterocycles. The summed E-state index contributed by atoms with van der Waals surface area (Å²) >= 11 is 1.85. The van der Waals surface area contributed by atoms with E-state index in [9.17, 15) is 4.79 Å². The van der Waals surface area contributed by atoms with Crippen molar-refractivity contribution >= 4 is 28.9 Å². The molecule has 150 valence electrons. The van der Waals surface area contributed by atoms with Crippen LogP contribution in [-0.2, 0) is 13.0 Å². The lowest BCUT2D eigenvalue weighted by molar-refractivity contribution is 0.188. The first-order valence-electron chi connectivity index (χ1n) is 10.2. The van der Waals surface area contributed by atoms with Gasteiger partial charge < -0.3 is 15.5 Å². The zero-order valence-electron chi connectivity index (χ0n) is 16.5. The number of fused-ring (bicyclic) bond motifs is 1. The Morgan fingerprint density at radius 2 is 2.07 bits per heavy atom. The third-order valence-corrected chi connectivity index (χ3v) is 6.73. The van der Waals surface area contributed by atoms with Gasteiger partial charge in [0, 0.05) is 43.6 Å². The molecule has 7 heteroatoms. The SMILES string of the molecule is C[C@@H](CNC(=O)Nc1ccc(N2CCCCC2)nc1)N1CCc2sccc2C1. The highest BCUT2D eigenvalue weighted by molar-refractivity contribution is 7.10. The number of urea groups is 1. The molecule has 1 fully saturated rings. The predicted molar refractivity (Wildman–Crippen MR) is 115 cm³/mol. The molecule has 2 aliphatic heterocycles. The second-order valence-corrected chi connectivity index (χ2v) is 8.73. The first-order chi connectivity index (χ1) is 13.7. The molecule has 2 amide bonds. The highest BCUT2D eigenvalue weighted by Crippen LogP contribution is 2.25. The normalized spacial score (nSPS) is 18.4. The number of hydrogen-bond donors (Lipinski definition) is 2. The molecule has 2 aromatic heterocycles. The van der Waals surface area contributed by atoms with Crippen LogP contribution in [0.5, 0.6) is 0 Å². The Labute approximate surface area is 170 Å². The van der Waals surface area contributed by atoms with Gasteiger partial charge in [-0.25, -0.2) is 9.78 Å². The van der Waals surface area contributed by atoms with E-state index in [4.69, 9.17) is 0 Å². The van der Waals surface area contributed by atoms with E-state index in [0.29, 0.717) is 12.6 Å². The van der Waals surface area contributed by atoms with Gasteiger partial charge in [0.2, 0.25) is 0 Å².